The normalized spacial score (nSPS) is 14.5. The predicted molar refractivity (Wildman–Crippen MR) is 80.6 cm³/mol. The van der Waals surface area contributed by atoms with E-state index in [0.29, 0.717) is 5.82 Å². The van der Waals surface area contributed by atoms with Crippen molar-refractivity contribution < 1.29 is 5.11 Å². The molecule has 0 saturated carbocycles. The van der Waals surface area contributed by atoms with Gasteiger partial charge in [0.2, 0.25) is 5.95 Å². The zero-order chi connectivity index (χ0) is 14.0. The first-order chi connectivity index (χ1) is 9.01. The topological polar surface area (TPSA) is 84.1 Å². The molecule has 1 atom stereocenters. The first-order valence-electron chi connectivity index (χ1n) is 6.46. The van der Waals surface area contributed by atoms with Crippen molar-refractivity contribution in [2.24, 2.45) is 0 Å². The van der Waals surface area contributed by atoms with E-state index in [2.05, 4.69) is 28.3 Å². The SMILES string of the molecule is CCc1cc2c(NC(C)(CC)CO)nc(N)nc2s1. The van der Waals surface area contributed by atoms with E-state index in [1.807, 2.05) is 13.8 Å². The number of aromatic nitrogens is 2. The van der Waals surface area contributed by atoms with Gasteiger partial charge >= 0.3 is 0 Å². The average molecular weight is 280 g/mol. The summed E-state index contributed by atoms with van der Waals surface area (Å²) in [7, 11) is 0. The minimum Gasteiger partial charge on any atom is -0.394 e. The summed E-state index contributed by atoms with van der Waals surface area (Å²) in [5.74, 6) is 0.966. The van der Waals surface area contributed by atoms with E-state index in [4.69, 9.17) is 5.73 Å². The van der Waals surface area contributed by atoms with Crippen molar-refractivity contribution >= 4 is 33.3 Å². The van der Waals surface area contributed by atoms with E-state index < -0.39 is 5.54 Å². The number of nitrogens with zero attached hydrogens (tertiary/aromatic N) is 2. The second-order valence-electron chi connectivity index (χ2n) is 4.91. The van der Waals surface area contributed by atoms with E-state index in [-0.39, 0.29) is 12.6 Å². The standard InChI is InChI=1S/C13H20N4OS/c1-4-8-6-9-10(17-13(3,5-2)7-18)15-12(14)16-11(9)19-8/h6,18H,4-5,7H2,1-3H3,(H3,14,15,16,17). The molecule has 0 bridgehead atoms. The molecule has 0 spiro atoms. The fourth-order valence-corrected chi connectivity index (χ4v) is 2.76. The Morgan fingerprint density at radius 1 is 1.42 bits per heavy atom. The van der Waals surface area contributed by atoms with Crippen LogP contribution >= 0.6 is 11.3 Å². The van der Waals surface area contributed by atoms with Crippen LogP contribution in [0.3, 0.4) is 0 Å². The number of fused-ring (bicyclic) bond motifs is 1. The molecule has 0 aliphatic heterocycles. The van der Waals surface area contributed by atoms with Crippen LogP contribution in [0.25, 0.3) is 10.2 Å². The zero-order valence-electron chi connectivity index (χ0n) is 11.5. The van der Waals surface area contributed by atoms with Gasteiger partial charge in [-0.3, -0.25) is 0 Å². The maximum absolute atomic E-state index is 9.50. The molecule has 1 unspecified atom stereocenters. The molecule has 4 N–H and O–H groups in total. The van der Waals surface area contributed by atoms with Crippen molar-refractivity contribution in [3.05, 3.63) is 10.9 Å². The van der Waals surface area contributed by atoms with Gasteiger partial charge in [-0.1, -0.05) is 13.8 Å². The molecular weight excluding hydrogens is 260 g/mol. The molecule has 0 fully saturated rings. The first kappa shape index (κ1) is 14.0. The minimum atomic E-state index is -0.401. The van der Waals surface area contributed by atoms with Gasteiger partial charge in [0.15, 0.2) is 0 Å². The van der Waals surface area contributed by atoms with E-state index in [1.165, 1.54) is 4.88 Å². The monoisotopic (exact) mass is 280 g/mol. The van der Waals surface area contributed by atoms with Crippen molar-refractivity contribution in [3.63, 3.8) is 0 Å². The molecule has 2 aromatic heterocycles. The lowest BCUT2D eigenvalue weighted by Gasteiger charge is -2.28. The molecule has 19 heavy (non-hydrogen) atoms. The molecule has 0 amide bonds. The fraction of sp³-hybridized carbons (Fsp3) is 0.538. The second-order valence-corrected chi connectivity index (χ2v) is 6.03. The highest BCUT2D eigenvalue weighted by atomic mass is 32.1. The Hall–Kier alpha value is -1.40. The molecule has 0 saturated heterocycles. The average Bonchev–Trinajstić information content (AvgIpc) is 2.81. The smallest absolute Gasteiger partial charge is 0.223 e. The van der Waals surface area contributed by atoms with Crippen LogP contribution in [0, 0.1) is 0 Å². The minimum absolute atomic E-state index is 0.0413. The Labute approximate surface area is 116 Å². The number of hydrogen-bond donors (Lipinski definition) is 3. The molecule has 0 radical (unpaired) electrons. The van der Waals surface area contributed by atoms with Crippen LogP contribution in [0.4, 0.5) is 11.8 Å². The highest BCUT2D eigenvalue weighted by Gasteiger charge is 2.23. The molecular formula is C13H20N4OS. The number of nitrogens with two attached hydrogens (primary N) is 1. The molecule has 6 heteroatoms. The third kappa shape index (κ3) is 2.79. The molecule has 0 aromatic carbocycles. The number of nitrogens with one attached hydrogen (secondary N) is 1. The lowest BCUT2D eigenvalue weighted by molar-refractivity contribution is 0.218. The van der Waals surface area contributed by atoms with Crippen LogP contribution < -0.4 is 11.1 Å². The van der Waals surface area contributed by atoms with Crippen LogP contribution in [-0.4, -0.2) is 27.2 Å². The third-order valence-electron chi connectivity index (χ3n) is 3.36. The number of nitrogen functional groups attached to an aromatic ring is 1. The van der Waals surface area contributed by atoms with Gasteiger partial charge in [0.1, 0.15) is 10.6 Å². The number of thiophene rings is 1. The fourth-order valence-electron chi connectivity index (χ4n) is 1.78. The molecule has 5 nitrogen and oxygen atoms in total. The molecule has 2 aromatic rings. The number of aliphatic hydroxyl groups excluding tert-OH is 1. The predicted octanol–water partition coefficient (Wildman–Crippen LogP) is 2.41. The second kappa shape index (κ2) is 5.30. The third-order valence-corrected chi connectivity index (χ3v) is 4.53. The Balaban J connectivity index is 2.49. The molecule has 0 aliphatic carbocycles. The van der Waals surface area contributed by atoms with Crippen LogP contribution in [-0.2, 0) is 6.42 Å². The number of aliphatic hydroxyl groups is 1. The highest BCUT2D eigenvalue weighted by Crippen LogP contribution is 2.31. The van der Waals surface area contributed by atoms with Gasteiger partial charge in [-0.05, 0) is 25.8 Å². The van der Waals surface area contributed by atoms with E-state index >= 15 is 0 Å². The number of aryl methyl sites for hydroxylation is 1. The maximum Gasteiger partial charge on any atom is 0.223 e. The summed E-state index contributed by atoms with van der Waals surface area (Å²) in [5, 5.41) is 13.8. The summed E-state index contributed by atoms with van der Waals surface area (Å²) in [4.78, 5) is 10.7. The molecule has 2 heterocycles. The van der Waals surface area contributed by atoms with Crippen molar-refractivity contribution in [2.75, 3.05) is 17.7 Å². The zero-order valence-corrected chi connectivity index (χ0v) is 12.3. The molecule has 0 aliphatic rings. The van der Waals surface area contributed by atoms with Gasteiger partial charge < -0.3 is 16.2 Å². The summed E-state index contributed by atoms with van der Waals surface area (Å²) >= 11 is 1.63. The van der Waals surface area contributed by atoms with Crippen molar-refractivity contribution in [3.8, 4) is 0 Å². The Morgan fingerprint density at radius 2 is 2.16 bits per heavy atom. The number of anilines is 2. The van der Waals surface area contributed by atoms with E-state index in [9.17, 15) is 5.11 Å². The largest absolute Gasteiger partial charge is 0.394 e. The van der Waals surface area contributed by atoms with Gasteiger partial charge in [-0.2, -0.15) is 4.98 Å². The van der Waals surface area contributed by atoms with Crippen LogP contribution in [0.15, 0.2) is 6.07 Å². The lowest BCUT2D eigenvalue weighted by Crippen LogP contribution is -2.38. The van der Waals surface area contributed by atoms with Crippen LogP contribution in [0.2, 0.25) is 0 Å². The van der Waals surface area contributed by atoms with Gasteiger partial charge in [0.05, 0.1) is 17.5 Å². The first-order valence-corrected chi connectivity index (χ1v) is 7.28. The summed E-state index contributed by atoms with van der Waals surface area (Å²) in [5.41, 5.74) is 5.36. The van der Waals surface area contributed by atoms with E-state index in [0.717, 1.165) is 23.1 Å². The maximum atomic E-state index is 9.50. The summed E-state index contributed by atoms with van der Waals surface area (Å²) in [6, 6.07) is 2.09. The quantitative estimate of drug-likeness (QED) is 0.783. The Bertz CT molecular complexity index is 577. The summed E-state index contributed by atoms with van der Waals surface area (Å²) in [6.45, 7) is 6.14. The van der Waals surface area contributed by atoms with Gasteiger partial charge in [0, 0.05) is 4.88 Å². The molecule has 104 valence electrons. The Kier molecular flexibility index (Phi) is 3.91. The van der Waals surface area contributed by atoms with Crippen molar-refractivity contribution in [1.82, 2.24) is 9.97 Å². The van der Waals surface area contributed by atoms with Gasteiger partial charge in [0.25, 0.3) is 0 Å². The number of rotatable bonds is 5. The van der Waals surface area contributed by atoms with E-state index in [1.54, 1.807) is 11.3 Å². The summed E-state index contributed by atoms with van der Waals surface area (Å²) in [6.07, 6.45) is 1.76. The highest BCUT2D eigenvalue weighted by molar-refractivity contribution is 7.18. The van der Waals surface area contributed by atoms with Crippen molar-refractivity contribution in [1.29, 1.82) is 0 Å². The van der Waals surface area contributed by atoms with Crippen LogP contribution in [0.1, 0.15) is 32.1 Å². The Morgan fingerprint density at radius 3 is 2.74 bits per heavy atom. The van der Waals surface area contributed by atoms with Crippen LogP contribution in [0.5, 0.6) is 0 Å². The van der Waals surface area contributed by atoms with Gasteiger partial charge in [-0.15, -0.1) is 11.3 Å². The van der Waals surface area contributed by atoms with Crippen molar-refractivity contribution in [2.45, 2.75) is 39.2 Å². The molecule has 2 rings (SSSR count). The lowest BCUT2D eigenvalue weighted by atomic mass is 10.0. The summed E-state index contributed by atoms with van der Waals surface area (Å²) < 4.78 is 0. The van der Waals surface area contributed by atoms with Gasteiger partial charge in [-0.25, -0.2) is 4.98 Å². The number of hydrogen-bond acceptors (Lipinski definition) is 6.